The zero-order valence-electron chi connectivity index (χ0n) is 9.53. The third-order valence-corrected chi connectivity index (χ3v) is 2.61. The Labute approximate surface area is 99.3 Å². The summed E-state index contributed by atoms with van der Waals surface area (Å²) in [6.45, 7) is 0.659. The fourth-order valence-electron chi connectivity index (χ4n) is 1.67. The molecule has 3 heteroatoms. The van der Waals surface area contributed by atoms with Gasteiger partial charge in [-0.15, -0.1) is 0 Å². The van der Waals surface area contributed by atoms with Crippen molar-refractivity contribution >= 4 is 5.69 Å². The highest BCUT2D eigenvalue weighted by molar-refractivity contribution is 5.46. The normalized spacial score (nSPS) is 10.3. The van der Waals surface area contributed by atoms with Crippen molar-refractivity contribution in [1.29, 1.82) is 0 Å². The Morgan fingerprint density at radius 2 is 1.65 bits per heavy atom. The van der Waals surface area contributed by atoms with Crippen molar-refractivity contribution in [2.75, 3.05) is 11.9 Å². The highest BCUT2D eigenvalue weighted by Crippen LogP contribution is 2.18. The van der Waals surface area contributed by atoms with Crippen LogP contribution in [0.1, 0.15) is 5.56 Å². The van der Waals surface area contributed by atoms with Crippen LogP contribution in [0.2, 0.25) is 0 Å². The van der Waals surface area contributed by atoms with E-state index in [1.54, 1.807) is 6.07 Å². The van der Waals surface area contributed by atoms with Crippen molar-refractivity contribution in [1.82, 2.24) is 0 Å². The van der Waals surface area contributed by atoms with Crippen LogP contribution < -0.4 is 4.90 Å². The number of halogens is 2. The van der Waals surface area contributed by atoms with Gasteiger partial charge in [0.15, 0.2) is 11.6 Å². The fourth-order valence-corrected chi connectivity index (χ4v) is 1.67. The van der Waals surface area contributed by atoms with Gasteiger partial charge in [0.05, 0.1) is 0 Å². The Balaban J connectivity index is 2.14. The number of hydrogen-bond donors (Lipinski definition) is 0. The number of anilines is 1. The van der Waals surface area contributed by atoms with Crippen LogP contribution in [0.3, 0.4) is 0 Å². The molecule has 1 nitrogen and oxygen atoms in total. The summed E-state index contributed by atoms with van der Waals surface area (Å²) in [6, 6.07) is 13.8. The van der Waals surface area contributed by atoms with E-state index >= 15 is 0 Å². The Morgan fingerprint density at radius 3 is 2.29 bits per heavy atom. The summed E-state index contributed by atoms with van der Waals surface area (Å²) in [5, 5.41) is 0. The van der Waals surface area contributed by atoms with Crippen molar-refractivity contribution < 1.29 is 8.78 Å². The number of nitrogens with zero attached hydrogens (tertiary/aromatic N) is 1. The Morgan fingerprint density at radius 1 is 0.941 bits per heavy atom. The minimum absolute atomic E-state index is 0.659. The topological polar surface area (TPSA) is 3.24 Å². The van der Waals surface area contributed by atoms with Crippen LogP contribution in [0, 0.1) is 11.6 Å². The first-order valence-electron chi connectivity index (χ1n) is 5.37. The van der Waals surface area contributed by atoms with Gasteiger partial charge in [-0.3, -0.25) is 0 Å². The molecule has 0 amide bonds. The summed E-state index contributed by atoms with van der Waals surface area (Å²) < 4.78 is 25.9. The zero-order valence-corrected chi connectivity index (χ0v) is 9.53. The molecule has 0 bridgehead atoms. The van der Waals surface area contributed by atoms with Gasteiger partial charge in [-0.25, -0.2) is 8.78 Å². The minimum atomic E-state index is -0.818. The Kier molecular flexibility index (Phi) is 3.38. The number of hydrogen-bond acceptors (Lipinski definition) is 1. The molecule has 0 N–H and O–H groups in total. The average Bonchev–Trinajstić information content (AvgIpc) is 2.34. The van der Waals surface area contributed by atoms with Crippen molar-refractivity contribution in [2.45, 2.75) is 6.54 Å². The first kappa shape index (κ1) is 11.6. The molecule has 2 rings (SSSR count). The summed E-state index contributed by atoms with van der Waals surface area (Å²) in [6.07, 6.45) is 0. The van der Waals surface area contributed by atoms with E-state index < -0.39 is 11.6 Å². The largest absolute Gasteiger partial charge is 0.370 e. The maximum atomic E-state index is 13.1. The molecule has 0 aliphatic heterocycles. The molecule has 0 aliphatic rings. The lowest BCUT2D eigenvalue weighted by molar-refractivity contribution is 0.508. The van der Waals surface area contributed by atoms with Crippen molar-refractivity contribution in [3.8, 4) is 0 Å². The molecule has 0 heterocycles. The second-order valence-electron chi connectivity index (χ2n) is 3.94. The predicted octanol–water partition coefficient (Wildman–Crippen LogP) is 3.60. The van der Waals surface area contributed by atoms with Crippen LogP contribution in [0.4, 0.5) is 14.5 Å². The lowest BCUT2D eigenvalue weighted by Crippen LogP contribution is -2.16. The van der Waals surface area contributed by atoms with Gasteiger partial charge in [0.1, 0.15) is 0 Å². The van der Waals surface area contributed by atoms with E-state index in [2.05, 4.69) is 0 Å². The van der Waals surface area contributed by atoms with Gasteiger partial charge in [0, 0.05) is 25.3 Å². The molecule has 2 aromatic rings. The summed E-state index contributed by atoms with van der Waals surface area (Å²) in [5.41, 5.74) is 1.78. The zero-order chi connectivity index (χ0) is 12.3. The SMILES string of the molecule is CN(Cc1ccccc1)c1ccc(F)c(F)c1. The second kappa shape index (κ2) is 4.95. The molecule has 0 fully saturated rings. The highest BCUT2D eigenvalue weighted by atomic mass is 19.2. The maximum absolute atomic E-state index is 13.1. The van der Waals surface area contributed by atoms with Gasteiger partial charge in [-0.05, 0) is 17.7 Å². The number of benzene rings is 2. The van der Waals surface area contributed by atoms with Gasteiger partial charge in [-0.2, -0.15) is 0 Å². The summed E-state index contributed by atoms with van der Waals surface area (Å²) in [5.74, 6) is -1.63. The van der Waals surface area contributed by atoms with Crippen molar-refractivity contribution in [3.63, 3.8) is 0 Å². The van der Waals surface area contributed by atoms with E-state index in [-0.39, 0.29) is 0 Å². The van der Waals surface area contributed by atoms with Gasteiger partial charge >= 0.3 is 0 Å². The minimum Gasteiger partial charge on any atom is -0.370 e. The van der Waals surface area contributed by atoms with E-state index in [1.165, 1.54) is 6.07 Å². The molecule has 0 spiro atoms. The second-order valence-corrected chi connectivity index (χ2v) is 3.94. The fraction of sp³-hybridized carbons (Fsp3) is 0.143. The molecule has 2 aromatic carbocycles. The summed E-state index contributed by atoms with van der Waals surface area (Å²) >= 11 is 0. The molecule has 17 heavy (non-hydrogen) atoms. The molecular formula is C14H13F2N. The van der Waals surface area contributed by atoms with Crippen LogP contribution in [0.5, 0.6) is 0 Å². The van der Waals surface area contributed by atoms with E-state index in [0.717, 1.165) is 11.6 Å². The van der Waals surface area contributed by atoms with Crippen LogP contribution in [-0.4, -0.2) is 7.05 Å². The van der Waals surface area contributed by atoms with Crippen molar-refractivity contribution in [2.24, 2.45) is 0 Å². The highest BCUT2D eigenvalue weighted by Gasteiger charge is 2.06. The predicted molar refractivity (Wildman–Crippen MR) is 64.9 cm³/mol. The molecule has 0 aromatic heterocycles. The first-order valence-corrected chi connectivity index (χ1v) is 5.37. The third kappa shape index (κ3) is 2.81. The Bertz CT molecular complexity index is 497. The monoisotopic (exact) mass is 233 g/mol. The van der Waals surface area contributed by atoms with Crippen LogP contribution in [0.15, 0.2) is 48.5 Å². The molecular weight excluding hydrogens is 220 g/mol. The summed E-state index contributed by atoms with van der Waals surface area (Å²) in [7, 11) is 1.85. The van der Waals surface area contributed by atoms with Crippen LogP contribution in [-0.2, 0) is 6.54 Å². The van der Waals surface area contributed by atoms with Gasteiger partial charge in [0.2, 0.25) is 0 Å². The standard InChI is InChI=1S/C14H13F2N/c1-17(10-11-5-3-2-4-6-11)12-7-8-13(15)14(16)9-12/h2-9H,10H2,1H3. The Hall–Kier alpha value is -1.90. The van der Waals surface area contributed by atoms with E-state index in [9.17, 15) is 8.78 Å². The molecule has 0 atom stereocenters. The first-order chi connectivity index (χ1) is 8.16. The third-order valence-electron chi connectivity index (χ3n) is 2.61. The van der Waals surface area contributed by atoms with Crippen LogP contribution in [0.25, 0.3) is 0 Å². The van der Waals surface area contributed by atoms with Gasteiger partial charge < -0.3 is 4.90 Å². The van der Waals surface area contributed by atoms with E-state index in [4.69, 9.17) is 0 Å². The molecule has 0 aliphatic carbocycles. The van der Waals surface area contributed by atoms with Gasteiger partial charge in [-0.1, -0.05) is 30.3 Å². The lowest BCUT2D eigenvalue weighted by atomic mass is 10.2. The maximum Gasteiger partial charge on any atom is 0.160 e. The van der Waals surface area contributed by atoms with Crippen LogP contribution >= 0.6 is 0 Å². The average molecular weight is 233 g/mol. The van der Waals surface area contributed by atoms with E-state index in [1.807, 2.05) is 42.3 Å². The molecule has 88 valence electrons. The van der Waals surface area contributed by atoms with Gasteiger partial charge in [0.25, 0.3) is 0 Å². The van der Waals surface area contributed by atoms with E-state index in [0.29, 0.717) is 12.2 Å². The molecule has 0 radical (unpaired) electrons. The van der Waals surface area contributed by atoms with Crippen molar-refractivity contribution in [3.05, 3.63) is 65.7 Å². The molecule has 0 saturated heterocycles. The lowest BCUT2D eigenvalue weighted by Gasteiger charge is -2.19. The summed E-state index contributed by atoms with van der Waals surface area (Å²) in [4.78, 5) is 1.87. The molecule has 0 unspecified atom stereocenters. The molecule has 0 saturated carbocycles. The smallest absolute Gasteiger partial charge is 0.160 e. The quantitative estimate of drug-likeness (QED) is 0.783. The number of rotatable bonds is 3.